The van der Waals surface area contributed by atoms with Gasteiger partial charge in [0.25, 0.3) is 0 Å². The van der Waals surface area contributed by atoms with Crippen molar-refractivity contribution in [2.75, 3.05) is 11.9 Å². The first-order chi connectivity index (χ1) is 6.03. The van der Waals surface area contributed by atoms with E-state index in [1.165, 1.54) is 0 Å². The quantitative estimate of drug-likeness (QED) is 0.725. The minimum absolute atomic E-state index is 0.0224. The molecule has 72 valence electrons. The van der Waals surface area contributed by atoms with Crippen molar-refractivity contribution in [1.29, 1.82) is 0 Å². The van der Waals surface area contributed by atoms with Gasteiger partial charge in [-0.05, 0) is 31.5 Å². The fourth-order valence-electron chi connectivity index (χ4n) is 0.791. The molecule has 0 bridgehead atoms. The molecule has 13 heavy (non-hydrogen) atoms. The van der Waals surface area contributed by atoms with Crippen LogP contribution >= 0.6 is 11.6 Å². The minimum atomic E-state index is -0.405. The van der Waals surface area contributed by atoms with E-state index in [9.17, 15) is 0 Å². The van der Waals surface area contributed by atoms with Gasteiger partial charge in [-0.2, -0.15) is 0 Å². The number of hydrogen-bond donors (Lipinski definition) is 2. The molecule has 0 spiro atoms. The summed E-state index contributed by atoms with van der Waals surface area (Å²) < 4.78 is 0. The molecule has 1 aromatic rings. The fraction of sp³-hybridized carbons (Fsp3) is 0.500. The van der Waals surface area contributed by atoms with Crippen LogP contribution in [0.4, 0.5) is 5.82 Å². The second kappa shape index (κ2) is 3.89. The lowest BCUT2D eigenvalue weighted by Crippen LogP contribution is -2.35. The third-order valence-electron chi connectivity index (χ3n) is 1.49. The first-order valence-corrected chi connectivity index (χ1v) is 4.29. The lowest BCUT2D eigenvalue weighted by molar-refractivity contribution is 0.234. The molecule has 0 aliphatic carbocycles. The Bertz CT molecular complexity index is 290. The molecule has 4 nitrogen and oxygen atoms in total. The third-order valence-corrected chi connectivity index (χ3v) is 1.67. The van der Waals surface area contributed by atoms with Gasteiger partial charge < -0.3 is 10.4 Å². The summed E-state index contributed by atoms with van der Waals surface area (Å²) in [5.74, 6) is 0.610. The molecular formula is C8H12ClN3O. The molecule has 0 aromatic carbocycles. The highest BCUT2D eigenvalue weighted by molar-refractivity contribution is 6.28. The van der Waals surface area contributed by atoms with Gasteiger partial charge in [0.05, 0.1) is 12.1 Å². The first kappa shape index (κ1) is 10.2. The van der Waals surface area contributed by atoms with Crippen LogP contribution in [0.2, 0.25) is 5.28 Å². The van der Waals surface area contributed by atoms with Gasteiger partial charge in [-0.15, -0.1) is 0 Å². The lowest BCUT2D eigenvalue weighted by Gasteiger charge is -2.23. The minimum Gasteiger partial charge on any atom is -0.394 e. The number of aromatic nitrogens is 2. The molecule has 1 aromatic heterocycles. The van der Waals surface area contributed by atoms with Crippen LogP contribution in [0.5, 0.6) is 0 Å². The first-order valence-electron chi connectivity index (χ1n) is 3.91. The predicted octanol–water partition coefficient (Wildman–Crippen LogP) is 1.31. The molecule has 0 radical (unpaired) electrons. The number of hydrogen-bond acceptors (Lipinski definition) is 4. The van der Waals surface area contributed by atoms with Crippen molar-refractivity contribution >= 4 is 17.4 Å². The summed E-state index contributed by atoms with van der Waals surface area (Å²) in [7, 11) is 0. The van der Waals surface area contributed by atoms with Gasteiger partial charge in [-0.3, -0.25) is 0 Å². The zero-order valence-corrected chi connectivity index (χ0v) is 8.34. The molecule has 0 unspecified atom stereocenters. The van der Waals surface area contributed by atoms with E-state index in [-0.39, 0.29) is 11.9 Å². The smallest absolute Gasteiger partial charge is 0.224 e. The summed E-state index contributed by atoms with van der Waals surface area (Å²) >= 11 is 5.59. The van der Waals surface area contributed by atoms with Crippen LogP contribution in [-0.2, 0) is 0 Å². The molecule has 0 fully saturated rings. The lowest BCUT2D eigenvalue weighted by atomic mass is 10.1. The maximum Gasteiger partial charge on any atom is 0.224 e. The van der Waals surface area contributed by atoms with Crippen LogP contribution in [0, 0.1) is 0 Å². The van der Waals surface area contributed by atoms with Gasteiger partial charge in [0.2, 0.25) is 5.28 Å². The average Bonchev–Trinajstić information content (AvgIpc) is 2.03. The van der Waals surface area contributed by atoms with E-state index in [1.54, 1.807) is 12.3 Å². The molecule has 0 aliphatic rings. The van der Waals surface area contributed by atoms with Crippen LogP contribution in [0.25, 0.3) is 0 Å². The zero-order chi connectivity index (χ0) is 9.90. The molecule has 2 N–H and O–H groups in total. The summed E-state index contributed by atoms with van der Waals surface area (Å²) in [4.78, 5) is 7.69. The Morgan fingerprint density at radius 2 is 2.31 bits per heavy atom. The number of aliphatic hydroxyl groups is 1. The van der Waals surface area contributed by atoms with Crippen LogP contribution in [-0.4, -0.2) is 27.2 Å². The van der Waals surface area contributed by atoms with Gasteiger partial charge in [0.15, 0.2) is 0 Å². The molecule has 0 atom stereocenters. The van der Waals surface area contributed by atoms with Crippen molar-refractivity contribution in [3.05, 3.63) is 17.5 Å². The molecule has 0 aliphatic heterocycles. The Balaban J connectivity index is 2.74. The van der Waals surface area contributed by atoms with Crippen molar-refractivity contribution in [2.45, 2.75) is 19.4 Å². The second-order valence-electron chi connectivity index (χ2n) is 3.38. The van der Waals surface area contributed by atoms with Crippen molar-refractivity contribution in [1.82, 2.24) is 9.97 Å². The predicted molar refractivity (Wildman–Crippen MR) is 51.8 cm³/mol. The zero-order valence-electron chi connectivity index (χ0n) is 7.58. The second-order valence-corrected chi connectivity index (χ2v) is 3.72. The van der Waals surface area contributed by atoms with Gasteiger partial charge in [0.1, 0.15) is 5.82 Å². The topological polar surface area (TPSA) is 58.0 Å². The molecule has 0 amide bonds. The molecule has 0 saturated carbocycles. The number of anilines is 1. The number of nitrogens with one attached hydrogen (secondary N) is 1. The Hall–Kier alpha value is -0.870. The van der Waals surface area contributed by atoms with Crippen molar-refractivity contribution < 1.29 is 5.11 Å². The van der Waals surface area contributed by atoms with Crippen LogP contribution in [0.15, 0.2) is 12.3 Å². The van der Waals surface area contributed by atoms with Crippen molar-refractivity contribution in [2.24, 2.45) is 0 Å². The Kier molecular flexibility index (Phi) is 3.06. The summed E-state index contributed by atoms with van der Waals surface area (Å²) in [6.45, 7) is 3.75. The van der Waals surface area contributed by atoms with E-state index < -0.39 is 5.54 Å². The third kappa shape index (κ3) is 3.16. The Labute approximate surface area is 82.0 Å². The van der Waals surface area contributed by atoms with Crippen LogP contribution in [0.3, 0.4) is 0 Å². The van der Waals surface area contributed by atoms with Crippen molar-refractivity contribution in [3.8, 4) is 0 Å². The number of rotatable bonds is 3. The Morgan fingerprint density at radius 1 is 1.62 bits per heavy atom. The molecule has 1 rings (SSSR count). The normalized spacial score (nSPS) is 11.4. The summed E-state index contributed by atoms with van der Waals surface area (Å²) in [5.41, 5.74) is -0.405. The Morgan fingerprint density at radius 3 is 2.85 bits per heavy atom. The molecular weight excluding hydrogens is 190 g/mol. The monoisotopic (exact) mass is 201 g/mol. The SMILES string of the molecule is CC(C)(CO)Nc1ccnc(Cl)n1. The van der Waals surface area contributed by atoms with E-state index in [0.29, 0.717) is 5.82 Å². The standard InChI is InChI=1S/C8H12ClN3O/c1-8(2,5-13)12-6-3-4-10-7(9)11-6/h3-4,13H,5H2,1-2H3,(H,10,11,12). The van der Waals surface area contributed by atoms with E-state index in [0.717, 1.165) is 0 Å². The molecule has 5 heteroatoms. The highest BCUT2D eigenvalue weighted by Crippen LogP contribution is 2.12. The highest BCUT2D eigenvalue weighted by atomic mass is 35.5. The summed E-state index contributed by atoms with van der Waals surface area (Å²) in [6, 6.07) is 1.70. The van der Waals surface area contributed by atoms with Crippen LogP contribution < -0.4 is 5.32 Å². The van der Waals surface area contributed by atoms with Crippen molar-refractivity contribution in [3.63, 3.8) is 0 Å². The largest absolute Gasteiger partial charge is 0.394 e. The maximum absolute atomic E-state index is 8.99. The van der Waals surface area contributed by atoms with E-state index in [4.69, 9.17) is 16.7 Å². The van der Waals surface area contributed by atoms with Crippen LogP contribution in [0.1, 0.15) is 13.8 Å². The number of halogens is 1. The number of nitrogens with zero attached hydrogens (tertiary/aromatic N) is 2. The molecule has 1 heterocycles. The summed E-state index contributed by atoms with van der Waals surface area (Å²) in [5, 5.41) is 12.2. The fourth-order valence-corrected chi connectivity index (χ4v) is 0.938. The van der Waals surface area contributed by atoms with E-state index in [1.807, 2.05) is 13.8 Å². The maximum atomic E-state index is 8.99. The van der Waals surface area contributed by atoms with Gasteiger partial charge in [-0.25, -0.2) is 9.97 Å². The highest BCUT2D eigenvalue weighted by Gasteiger charge is 2.16. The number of aliphatic hydroxyl groups excluding tert-OH is 1. The average molecular weight is 202 g/mol. The van der Waals surface area contributed by atoms with E-state index in [2.05, 4.69) is 15.3 Å². The van der Waals surface area contributed by atoms with Gasteiger partial charge in [0, 0.05) is 6.20 Å². The van der Waals surface area contributed by atoms with Gasteiger partial charge in [-0.1, -0.05) is 0 Å². The van der Waals surface area contributed by atoms with Gasteiger partial charge >= 0.3 is 0 Å². The molecule has 0 saturated heterocycles. The summed E-state index contributed by atoms with van der Waals surface area (Å²) in [6.07, 6.45) is 1.56. The van der Waals surface area contributed by atoms with E-state index >= 15 is 0 Å².